The van der Waals surface area contributed by atoms with Crippen molar-refractivity contribution < 1.29 is 4.79 Å². The number of rotatable bonds is 8. The number of hydrogen-bond acceptors (Lipinski definition) is 3. The molecule has 0 aromatic heterocycles. The summed E-state index contributed by atoms with van der Waals surface area (Å²) in [6.45, 7) is 9.31. The molecule has 1 rings (SSSR count). The molecule has 0 bridgehead atoms. The highest BCUT2D eigenvalue weighted by Crippen LogP contribution is 2.23. The van der Waals surface area contributed by atoms with Crippen LogP contribution in [0.4, 0.5) is 0 Å². The minimum Gasteiger partial charge on any atom is -0.341 e. The van der Waals surface area contributed by atoms with E-state index >= 15 is 0 Å². The number of likely N-dealkylation sites (N-methyl/N-ethyl adjacent to an activating group) is 1. The summed E-state index contributed by atoms with van der Waals surface area (Å²) in [6, 6.07) is 0. The average molecular weight is 283 g/mol. The fourth-order valence-electron chi connectivity index (χ4n) is 2.89. The van der Waals surface area contributed by atoms with Crippen molar-refractivity contribution in [2.75, 3.05) is 46.8 Å². The SMILES string of the molecule is CCCN(CCN(C)C)C(=O)CC(C)C1CCCNC1. The third-order valence-electron chi connectivity index (χ3n) is 4.30. The molecule has 0 spiro atoms. The molecule has 1 fully saturated rings. The number of carbonyl (C=O) groups excluding carboxylic acids is 1. The van der Waals surface area contributed by atoms with E-state index in [-0.39, 0.29) is 0 Å². The highest BCUT2D eigenvalue weighted by molar-refractivity contribution is 5.76. The quantitative estimate of drug-likeness (QED) is 0.738. The first-order valence-corrected chi connectivity index (χ1v) is 8.17. The van der Waals surface area contributed by atoms with Crippen molar-refractivity contribution in [3.05, 3.63) is 0 Å². The lowest BCUT2D eigenvalue weighted by atomic mass is 9.85. The largest absolute Gasteiger partial charge is 0.341 e. The van der Waals surface area contributed by atoms with E-state index in [1.54, 1.807) is 0 Å². The third-order valence-corrected chi connectivity index (χ3v) is 4.30. The first-order valence-electron chi connectivity index (χ1n) is 8.17. The third kappa shape index (κ3) is 6.23. The Hall–Kier alpha value is -0.610. The summed E-state index contributed by atoms with van der Waals surface area (Å²) in [5.74, 6) is 1.51. The van der Waals surface area contributed by atoms with Crippen LogP contribution in [0.15, 0.2) is 0 Å². The first kappa shape index (κ1) is 17.4. The Labute approximate surface area is 124 Å². The standard InChI is InChI=1S/C16H33N3O/c1-5-9-19(11-10-18(3)4)16(20)12-14(2)15-7-6-8-17-13-15/h14-15,17H,5-13H2,1-4H3. The maximum atomic E-state index is 12.5. The molecule has 20 heavy (non-hydrogen) atoms. The van der Waals surface area contributed by atoms with Gasteiger partial charge in [-0.3, -0.25) is 4.79 Å². The second kappa shape index (κ2) is 9.35. The van der Waals surface area contributed by atoms with E-state index in [4.69, 9.17) is 0 Å². The number of amides is 1. The minimum atomic E-state index is 0.340. The van der Waals surface area contributed by atoms with Crippen LogP contribution in [0.1, 0.15) is 39.5 Å². The summed E-state index contributed by atoms with van der Waals surface area (Å²) in [5.41, 5.74) is 0. The van der Waals surface area contributed by atoms with Gasteiger partial charge in [0.05, 0.1) is 0 Å². The van der Waals surface area contributed by atoms with Gasteiger partial charge in [0.15, 0.2) is 0 Å². The Morgan fingerprint density at radius 3 is 2.60 bits per heavy atom. The van der Waals surface area contributed by atoms with Gasteiger partial charge in [0.2, 0.25) is 5.91 Å². The lowest BCUT2D eigenvalue weighted by Crippen LogP contribution is -2.40. The van der Waals surface area contributed by atoms with Gasteiger partial charge in [0.1, 0.15) is 0 Å². The summed E-state index contributed by atoms with van der Waals surface area (Å²) in [5, 5.41) is 3.45. The van der Waals surface area contributed by atoms with E-state index in [1.165, 1.54) is 12.8 Å². The van der Waals surface area contributed by atoms with Gasteiger partial charge in [0, 0.05) is 26.1 Å². The van der Waals surface area contributed by atoms with Crippen molar-refractivity contribution in [2.45, 2.75) is 39.5 Å². The fraction of sp³-hybridized carbons (Fsp3) is 0.938. The summed E-state index contributed by atoms with van der Waals surface area (Å²) in [6.07, 6.45) is 4.27. The zero-order valence-electron chi connectivity index (χ0n) is 13.8. The van der Waals surface area contributed by atoms with Crippen molar-refractivity contribution >= 4 is 5.91 Å². The van der Waals surface area contributed by atoms with Crippen LogP contribution in [0.2, 0.25) is 0 Å². The van der Waals surface area contributed by atoms with Crippen LogP contribution in [-0.4, -0.2) is 62.5 Å². The lowest BCUT2D eigenvalue weighted by Gasteiger charge is -2.30. The van der Waals surface area contributed by atoms with Crippen molar-refractivity contribution in [3.8, 4) is 0 Å². The Morgan fingerprint density at radius 2 is 2.05 bits per heavy atom. The van der Waals surface area contributed by atoms with Crippen LogP contribution in [0.25, 0.3) is 0 Å². The highest BCUT2D eigenvalue weighted by Gasteiger charge is 2.24. The summed E-state index contributed by atoms with van der Waals surface area (Å²) < 4.78 is 0. The molecule has 4 nitrogen and oxygen atoms in total. The van der Waals surface area contributed by atoms with Crippen molar-refractivity contribution in [1.82, 2.24) is 15.1 Å². The molecule has 0 saturated carbocycles. The molecular formula is C16H33N3O. The molecule has 118 valence electrons. The Kier molecular flexibility index (Phi) is 8.15. The maximum Gasteiger partial charge on any atom is 0.222 e. The van der Waals surface area contributed by atoms with Crippen LogP contribution < -0.4 is 5.32 Å². The molecule has 0 aromatic carbocycles. The predicted octanol–water partition coefficient (Wildman–Crippen LogP) is 1.81. The van der Waals surface area contributed by atoms with Crippen LogP contribution in [0.5, 0.6) is 0 Å². The molecule has 1 N–H and O–H groups in total. The number of nitrogens with one attached hydrogen (secondary N) is 1. The van der Waals surface area contributed by atoms with E-state index in [1.807, 2.05) is 4.90 Å². The topological polar surface area (TPSA) is 35.6 Å². The smallest absolute Gasteiger partial charge is 0.222 e. The zero-order chi connectivity index (χ0) is 15.0. The lowest BCUT2D eigenvalue weighted by molar-refractivity contribution is -0.132. The van der Waals surface area contributed by atoms with Crippen LogP contribution >= 0.6 is 0 Å². The minimum absolute atomic E-state index is 0.340. The molecule has 1 aliphatic heterocycles. The second-order valence-electron chi connectivity index (χ2n) is 6.47. The van der Waals surface area contributed by atoms with Gasteiger partial charge in [0.25, 0.3) is 0 Å². The monoisotopic (exact) mass is 283 g/mol. The van der Waals surface area contributed by atoms with E-state index < -0.39 is 0 Å². The maximum absolute atomic E-state index is 12.5. The summed E-state index contributed by atoms with van der Waals surface area (Å²) in [4.78, 5) is 16.7. The molecule has 1 amide bonds. The molecule has 1 saturated heterocycles. The van der Waals surface area contributed by atoms with Gasteiger partial charge in [-0.1, -0.05) is 13.8 Å². The van der Waals surface area contributed by atoms with Crippen LogP contribution in [-0.2, 0) is 4.79 Å². The molecule has 1 heterocycles. The first-order chi connectivity index (χ1) is 9.54. The molecule has 0 aliphatic carbocycles. The Balaban J connectivity index is 2.42. The summed E-state index contributed by atoms with van der Waals surface area (Å²) >= 11 is 0. The Bertz CT molecular complexity index is 275. The highest BCUT2D eigenvalue weighted by atomic mass is 16.2. The van der Waals surface area contributed by atoms with E-state index in [2.05, 4.69) is 38.2 Å². The molecule has 0 aromatic rings. The molecule has 0 radical (unpaired) electrons. The number of piperidine rings is 1. The van der Waals surface area contributed by atoms with Gasteiger partial charge in [-0.25, -0.2) is 0 Å². The average Bonchev–Trinajstić information content (AvgIpc) is 2.44. The molecule has 4 heteroatoms. The molecule has 2 unspecified atom stereocenters. The fourth-order valence-corrected chi connectivity index (χ4v) is 2.89. The van der Waals surface area contributed by atoms with Crippen molar-refractivity contribution in [3.63, 3.8) is 0 Å². The van der Waals surface area contributed by atoms with E-state index in [9.17, 15) is 4.79 Å². The number of nitrogens with zero attached hydrogens (tertiary/aromatic N) is 2. The molecule has 2 atom stereocenters. The van der Waals surface area contributed by atoms with Gasteiger partial charge < -0.3 is 15.1 Å². The van der Waals surface area contributed by atoms with Crippen molar-refractivity contribution in [2.24, 2.45) is 11.8 Å². The van der Waals surface area contributed by atoms with Gasteiger partial charge in [-0.2, -0.15) is 0 Å². The zero-order valence-corrected chi connectivity index (χ0v) is 13.8. The van der Waals surface area contributed by atoms with E-state index in [0.717, 1.165) is 39.1 Å². The number of hydrogen-bond donors (Lipinski definition) is 1. The Morgan fingerprint density at radius 1 is 1.30 bits per heavy atom. The number of carbonyl (C=O) groups is 1. The van der Waals surface area contributed by atoms with E-state index in [0.29, 0.717) is 24.2 Å². The van der Waals surface area contributed by atoms with Gasteiger partial charge >= 0.3 is 0 Å². The molecular weight excluding hydrogens is 250 g/mol. The van der Waals surface area contributed by atoms with Crippen LogP contribution in [0, 0.1) is 11.8 Å². The van der Waals surface area contributed by atoms with Crippen LogP contribution in [0.3, 0.4) is 0 Å². The second-order valence-corrected chi connectivity index (χ2v) is 6.47. The van der Waals surface area contributed by atoms with Gasteiger partial charge in [-0.05, 0) is 58.3 Å². The molecule has 1 aliphatic rings. The summed E-state index contributed by atoms with van der Waals surface area (Å²) in [7, 11) is 4.12. The predicted molar refractivity (Wildman–Crippen MR) is 84.8 cm³/mol. The van der Waals surface area contributed by atoms with Gasteiger partial charge in [-0.15, -0.1) is 0 Å². The normalized spacial score (nSPS) is 20.9. The van der Waals surface area contributed by atoms with Crippen molar-refractivity contribution in [1.29, 1.82) is 0 Å².